The van der Waals surface area contributed by atoms with Gasteiger partial charge in [0.05, 0.1) is 40.8 Å². The van der Waals surface area contributed by atoms with Gasteiger partial charge in [-0.15, -0.1) is 0 Å². The van der Waals surface area contributed by atoms with Crippen molar-refractivity contribution in [2.45, 2.75) is 74.9 Å². The summed E-state index contributed by atoms with van der Waals surface area (Å²) in [6.45, 7) is 3.56. The first-order valence-corrected chi connectivity index (χ1v) is 13.3. The minimum atomic E-state index is -1.12. The molecule has 2 N–H and O–H groups in total. The summed E-state index contributed by atoms with van der Waals surface area (Å²) < 4.78 is 45.3. The Hall–Kier alpha value is -0.910. The van der Waals surface area contributed by atoms with Gasteiger partial charge in [-0.25, -0.2) is 0 Å². The summed E-state index contributed by atoms with van der Waals surface area (Å²) >= 11 is 3.03. The van der Waals surface area contributed by atoms with Gasteiger partial charge in [0.15, 0.2) is 24.1 Å². The summed E-state index contributed by atoms with van der Waals surface area (Å²) in [5.74, 6) is 0.600. The average molecular weight is 642 g/mol. The SMILES string of the molecule is COc1c(OC2OC3OC3C(OC)C2O)c(I)c(C)c(C(=O)SC2C(O)CC(OC)OC2C)c1OC. The van der Waals surface area contributed by atoms with Gasteiger partial charge in [-0.2, -0.15) is 0 Å². The number of halogens is 1. The third-order valence-electron chi connectivity index (χ3n) is 6.50. The van der Waals surface area contributed by atoms with E-state index in [9.17, 15) is 15.0 Å². The largest absolute Gasteiger partial charge is 0.492 e. The van der Waals surface area contributed by atoms with Crippen molar-refractivity contribution >= 4 is 39.5 Å². The van der Waals surface area contributed by atoms with Crippen molar-refractivity contribution in [1.29, 1.82) is 0 Å². The van der Waals surface area contributed by atoms with E-state index in [0.717, 1.165) is 11.8 Å². The summed E-state index contributed by atoms with van der Waals surface area (Å²) in [5, 5.41) is 20.5. The Morgan fingerprint density at radius 3 is 2.31 bits per heavy atom. The van der Waals surface area contributed by atoms with Crippen LogP contribution in [-0.4, -0.2) is 98.4 Å². The number of fused-ring (bicyclic) bond motifs is 1. The molecular formula is C23H31IO11S. The number of carbonyl (C=O) groups is 1. The number of methoxy groups -OCH3 is 4. The second-order valence-corrected chi connectivity index (χ2v) is 10.9. The van der Waals surface area contributed by atoms with E-state index >= 15 is 0 Å². The lowest BCUT2D eigenvalue weighted by atomic mass is 10.1. The summed E-state index contributed by atoms with van der Waals surface area (Å²) in [6.07, 6.45) is -5.19. The molecule has 0 aliphatic carbocycles. The number of hydrogen-bond acceptors (Lipinski definition) is 12. The number of thioether (sulfide) groups is 1. The van der Waals surface area contributed by atoms with Crippen LogP contribution in [0.4, 0.5) is 0 Å². The maximum Gasteiger partial charge on any atom is 0.231 e. The zero-order valence-electron chi connectivity index (χ0n) is 20.8. The normalized spacial score (nSPS) is 35.6. The minimum absolute atomic E-state index is 0.172. The van der Waals surface area contributed by atoms with Gasteiger partial charge in [-0.05, 0) is 42.0 Å². The van der Waals surface area contributed by atoms with Gasteiger partial charge in [-0.3, -0.25) is 4.79 Å². The van der Waals surface area contributed by atoms with Gasteiger partial charge in [0, 0.05) is 20.6 Å². The molecule has 4 rings (SSSR count). The molecule has 202 valence electrons. The van der Waals surface area contributed by atoms with Crippen LogP contribution in [0.3, 0.4) is 0 Å². The topological polar surface area (TPSA) is 135 Å². The van der Waals surface area contributed by atoms with Gasteiger partial charge in [0.25, 0.3) is 0 Å². The van der Waals surface area contributed by atoms with Crippen LogP contribution >= 0.6 is 34.4 Å². The lowest BCUT2D eigenvalue weighted by Gasteiger charge is -2.36. The Labute approximate surface area is 227 Å². The van der Waals surface area contributed by atoms with E-state index in [1.807, 2.05) is 0 Å². The number of benzene rings is 1. The van der Waals surface area contributed by atoms with Crippen LogP contribution < -0.4 is 14.2 Å². The molecule has 0 amide bonds. The molecule has 3 aliphatic heterocycles. The van der Waals surface area contributed by atoms with E-state index in [0.29, 0.717) is 9.13 Å². The standard InChI is InChI=1S/C23H31IO11S/c1-8-12(21(27)36-20-9(2)32-11(28-3)7-10(20)25)15(29-4)18(31-6)16(13(8)24)33-22-14(26)17(30-5)19-23(34-19)35-22/h9-11,14,17,19-20,22-23,25-26H,7H2,1-6H3. The molecule has 0 spiro atoms. The molecule has 0 bridgehead atoms. The number of epoxide rings is 1. The Bertz CT molecular complexity index is 966. The van der Waals surface area contributed by atoms with Crippen LogP contribution in [0.2, 0.25) is 0 Å². The zero-order chi connectivity index (χ0) is 26.3. The van der Waals surface area contributed by atoms with E-state index < -0.39 is 48.5 Å². The Kier molecular flexibility index (Phi) is 8.94. The predicted octanol–water partition coefficient (Wildman–Crippen LogP) is 1.84. The van der Waals surface area contributed by atoms with Crippen LogP contribution in [0.15, 0.2) is 0 Å². The van der Waals surface area contributed by atoms with E-state index in [4.69, 9.17) is 37.9 Å². The maximum absolute atomic E-state index is 13.5. The molecule has 1 aromatic rings. The van der Waals surface area contributed by atoms with Crippen LogP contribution in [0.25, 0.3) is 0 Å². The zero-order valence-corrected chi connectivity index (χ0v) is 23.7. The van der Waals surface area contributed by atoms with E-state index in [1.54, 1.807) is 13.8 Å². The van der Waals surface area contributed by atoms with Crippen molar-refractivity contribution in [2.24, 2.45) is 0 Å². The first-order valence-electron chi connectivity index (χ1n) is 11.4. The van der Waals surface area contributed by atoms with Gasteiger partial charge in [-0.1, -0.05) is 11.8 Å². The molecular weight excluding hydrogens is 611 g/mol. The Balaban J connectivity index is 1.63. The molecule has 36 heavy (non-hydrogen) atoms. The quantitative estimate of drug-likeness (QED) is 0.317. The molecule has 9 unspecified atom stereocenters. The van der Waals surface area contributed by atoms with Crippen LogP contribution in [0.1, 0.15) is 29.3 Å². The van der Waals surface area contributed by atoms with Gasteiger partial charge in [0.2, 0.25) is 17.2 Å². The molecule has 13 heteroatoms. The smallest absolute Gasteiger partial charge is 0.231 e. The first-order chi connectivity index (χ1) is 17.2. The highest BCUT2D eigenvalue weighted by molar-refractivity contribution is 14.1. The highest BCUT2D eigenvalue weighted by atomic mass is 127. The highest BCUT2D eigenvalue weighted by Crippen LogP contribution is 2.49. The number of rotatable bonds is 8. The van der Waals surface area contributed by atoms with Crippen molar-refractivity contribution in [2.75, 3.05) is 28.4 Å². The van der Waals surface area contributed by atoms with Crippen molar-refractivity contribution in [3.63, 3.8) is 0 Å². The van der Waals surface area contributed by atoms with Crippen LogP contribution in [0.5, 0.6) is 17.2 Å². The average Bonchev–Trinajstić information content (AvgIpc) is 3.62. The fraction of sp³-hybridized carbons (Fsp3) is 0.696. The second-order valence-electron chi connectivity index (χ2n) is 8.67. The fourth-order valence-electron chi connectivity index (χ4n) is 4.52. The summed E-state index contributed by atoms with van der Waals surface area (Å²) in [5.41, 5.74) is 0.873. The molecule has 0 aromatic heterocycles. The molecule has 3 aliphatic rings. The lowest BCUT2D eigenvalue weighted by Crippen LogP contribution is -2.51. The third kappa shape index (κ3) is 5.18. The fourth-order valence-corrected chi connectivity index (χ4v) is 6.30. The number of aliphatic hydroxyl groups is 2. The van der Waals surface area contributed by atoms with Gasteiger partial charge < -0.3 is 48.1 Å². The molecule has 0 radical (unpaired) electrons. The molecule has 0 saturated carbocycles. The van der Waals surface area contributed by atoms with Crippen LogP contribution in [0, 0.1) is 10.5 Å². The summed E-state index contributed by atoms with van der Waals surface area (Å²) in [7, 11) is 5.85. The monoisotopic (exact) mass is 642 g/mol. The maximum atomic E-state index is 13.5. The number of aliphatic hydroxyl groups excluding tert-OH is 2. The third-order valence-corrected chi connectivity index (χ3v) is 9.19. The lowest BCUT2D eigenvalue weighted by molar-refractivity contribution is -0.212. The minimum Gasteiger partial charge on any atom is -0.492 e. The molecule has 3 saturated heterocycles. The molecule has 3 fully saturated rings. The molecule has 11 nitrogen and oxygen atoms in total. The van der Waals surface area contributed by atoms with Gasteiger partial charge in [0.1, 0.15) is 18.3 Å². The van der Waals surface area contributed by atoms with E-state index in [2.05, 4.69) is 22.6 Å². The van der Waals surface area contributed by atoms with E-state index in [-0.39, 0.29) is 40.5 Å². The van der Waals surface area contributed by atoms with Crippen molar-refractivity contribution in [3.05, 3.63) is 14.7 Å². The number of ether oxygens (including phenoxy) is 8. The number of hydrogen-bond donors (Lipinski definition) is 2. The molecule has 3 heterocycles. The molecule has 9 atom stereocenters. The van der Waals surface area contributed by atoms with E-state index in [1.165, 1.54) is 28.4 Å². The van der Waals surface area contributed by atoms with Crippen LogP contribution in [-0.2, 0) is 23.7 Å². The summed E-state index contributed by atoms with van der Waals surface area (Å²) in [4.78, 5) is 13.5. The molecule has 1 aromatic carbocycles. The summed E-state index contributed by atoms with van der Waals surface area (Å²) in [6, 6.07) is 0. The Morgan fingerprint density at radius 1 is 1.03 bits per heavy atom. The highest BCUT2D eigenvalue weighted by Gasteiger charge is 2.58. The Morgan fingerprint density at radius 2 is 1.72 bits per heavy atom. The van der Waals surface area contributed by atoms with Gasteiger partial charge >= 0.3 is 0 Å². The number of carbonyl (C=O) groups excluding carboxylic acids is 1. The van der Waals surface area contributed by atoms with Crippen molar-refractivity contribution in [3.8, 4) is 17.2 Å². The van der Waals surface area contributed by atoms with Crippen molar-refractivity contribution in [1.82, 2.24) is 0 Å². The predicted molar refractivity (Wildman–Crippen MR) is 136 cm³/mol. The second kappa shape index (κ2) is 11.5. The van der Waals surface area contributed by atoms with Crippen molar-refractivity contribution < 1.29 is 52.9 Å². The first kappa shape index (κ1) is 28.1.